The van der Waals surface area contributed by atoms with Gasteiger partial charge in [-0.05, 0) is 30.7 Å². The maximum atomic E-state index is 12.6. The van der Waals surface area contributed by atoms with Crippen LogP contribution in [0.2, 0.25) is 0 Å². The molecule has 1 aromatic carbocycles. The first-order chi connectivity index (χ1) is 14.0. The van der Waals surface area contributed by atoms with Crippen molar-refractivity contribution in [1.82, 2.24) is 9.78 Å². The minimum Gasteiger partial charge on any atom is -0.497 e. The number of esters is 1. The summed E-state index contributed by atoms with van der Waals surface area (Å²) in [6.07, 6.45) is 6.50. The Morgan fingerprint density at radius 3 is 2.66 bits per heavy atom. The Morgan fingerprint density at radius 1 is 1.28 bits per heavy atom. The predicted molar refractivity (Wildman–Crippen MR) is 113 cm³/mol. The average molecular weight is 411 g/mol. The largest absolute Gasteiger partial charge is 0.497 e. The third-order valence-corrected chi connectivity index (χ3v) is 4.96. The van der Waals surface area contributed by atoms with Crippen molar-refractivity contribution < 1.29 is 19.1 Å². The molecule has 8 heteroatoms. The Hall–Kier alpha value is -3.39. The molecule has 150 valence electrons. The lowest BCUT2D eigenvalue weighted by Gasteiger charge is -2.08. The zero-order chi connectivity index (χ0) is 20.8. The first-order valence-electron chi connectivity index (χ1n) is 8.92. The van der Waals surface area contributed by atoms with Crippen molar-refractivity contribution in [2.45, 2.75) is 6.92 Å². The van der Waals surface area contributed by atoms with Gasteiger partial charge in [0.2, 0.25) is 5.91 Å². The summed E-state index contributed by atoms with van der Waals surface area (Å²) in [6, 6.07) is 7.35. The highest BCUT2D eigenvalue weighted by Gasteiger charge is 2.22. The number of anilines is 1. The van der Waals surface area contributed by atoms with Crippen molar-refractivity contribution in [2.24, 2.45) is 7.05 Å². The van der Waals surface area contributed by atoms with Gasteiger partial charge in [0, 0.05) is 35.8 Å². The molecule has 0 spiro atoms. The molecule has 29 heavy (non-hydrogen) atoms. The van der Waals surface area contributed by atoms with Gasteiger partial charge in [-0.25, -0.2) is 4.79 Å². The van der Waals surface area contributed by atoms with Gasteiger partial charge < -0.3 is 14.8 Å². The van der Waals surface area contributed by atoms with Crippen LogP contribution in [-0.2, 0) is 16.6 Å². The molecule has 3 rings (SSSR count). The fourth-order valence-corrected chi connectivity index (χ4v) is 3.65. The van der Waals surface area contributed by atoms with E-state index in [4.69, 9.17) is 9.47 Å². The van der Waals surface area contributed by atoms with Crippen LogP contribution in [0.25, 0.3) is 17.2 Å². The van der Waals surface area contributed by atoms with Gasteiger partial charge in [-0.3, -0.25) is 9.48 Å². The summed E-state index contributed by atoms with van der Waals surface area (Å²) in [7, 11) is 3.39. The van der Waals surface area contributed by atoms with Gasteiger partial charge >= 0.3 is 5.97 Å². The predicted octanol–water partition coefficient (Wildman–Crippen LogP) is 3.99. The van der Waals surface area contributed by atoms with Crippen molar-refractivity contribution in [3.8, 4) is 16.9 Å². The fraction of sp³-hybridized carbons (Fsp3) is 0.190. The lowest BCUT2D eigenvalue weighted by Crippen LogP contribution is -2.12. The number of nitrogens with one attached hydrogen (secondary N) is 1. The molecule has 0 unspecified atom stereocenters. The molecule has 3 aromatic rings. The maximum absolute atomic E-state index is 12.6. The number of aromatic nitrogens is 2. The average Bonchev–Trinajstić information content (AvgIpc) is 3.32. The van der Waals surface area contributed by atoms with E-state index in [1.165, 1.54) is 17.4 Å². The number of aryl methyl sites for hydroxylation is 1. The number of hydrogen-bond donors (Lipinski definition) is 1. The molecule has 0 radical (unpaired) electrons. The molecule has 0 aliphatic carbocycles. The van der Waals surface area contributed by atoms with Gasteiger partial charge in [-0.1, -0.05) is 12.1 Å². The first-order valence-corrected chi connectivity index (χ1v) is 9.80. The monoisotopic (exact) mass is 411 g/mol. The number of ether oxygens (including phenoxy) is 2. The van der Waals surface area contributed by atoms with E-state index in [0.717, 1.165) is 16.9 Å². The minimum absolute atomic E-state index is 0.241. The van der Waals surface area contributed by atoms with E-state index >= 15 is 0 Å². The Morgan fingerprint density at radius 2 is 2.03 bits per heavy atom. The number of carbonyl (C=O) groups is 2. The number of hydrogen-bond acceptors (Lipinski definition) is 6. The van der Waals surface area contributed by atoms with Crippen LogP contribution in [0.5, 0.6) is 5.75 Å². The van der Waals surface area contributed by atoms with Crippen LogP contribution in [-0.4, -0.2) is 35.4 Å². The van der Waals surface area contributed by atoms with Gasteiger partial charge in [-0.2, -0.15) is 5.10 Å². The molecule has 7 nitrogen and oxygen atoms in total. The van der Waals surface area contributed by atoms with Crippen LogP contribution in [0.1, 0.15) is 22.8 Å². The Labute approximate surface area is 172 Å². The second-order valence-corrected chi connectivity index (χ2v) is 6.95. The molecule has 0 bridgehead atoms. The molecule has 0 aliphatic heterocycles. The van der Waals surface area contributed by atoms with Gasteiger partial charge in [0.25, 0.3) is 0 Å². The zero-order valence-electron chi connectivity index (χ0n) is 16.3. The molecule has 2 aromatic heterocycles. The molecule has 0 saturated heterocycles. The molecule has 0 fully saturated rings. The van der Waals surface area contributed by atoms with Crippen LogP contribution in [0.3, 0.4) is 0 Å². The normalized spacial score (nSPS) is 10.9. The summed E-state index contributed by atoms with van der Waals surface area (Å²) in [5.41, 5.74) is 2.67. The van der Waals surface area contributed by atoms with Gasteiger partial charge in [0.1, 0.15) is 16.3 Å². The highest BCUT2D eigenvalue weighted by atomic mass is 32.1. The molecule has 0 atom stereocenters. The lowest BCUT2D eigenvalue weighted by atomic mass is 10.0. The topological polar surface area (TPSA) is 82.4 Å². The number of thiophene rings is 1. The Balaban J connectivity index is 1.87. The van der Waals surface area contributed by atoms with E-state index in [1.54, 1.807) is 44.2 Å². The summed E-state index contributed by atoms with van der Waals surface area (Å²) in [5.74, 6) is -0.107. The molecule has 0 saturated carbocycles. The second kappa shape index (κ2) is 9.20. The third kappa shape index (κ3) is 4.91. The van der Waals surface area contributed by atoms with Gasteiger partial charge in [-0.15, -0.1) is 11.3 Å². The van der Waals surface area contributed by atoms with Crippen LogP contribution >= 0.6 is 11.3 Å². The SMILES string of the molecule is CCOC(=O)c1c(-c2ccc(OC)cc2)csc1NC(=O)/C=C/c1cnn(C)c1. The van der Waals surface area contributed by atoms with Crippen LogP contribution in [0.4, 0.5) is 5.00 Å². The first kappa shape index (κ1) is 20.3. The fourth-order valence-electron chi connectivity index (χ4n) is 2.69. The van der Waals surface area contributed by atoms with E-state index in [1.807, 2.05) is 29.6 Å². The number of nitrogens with zero attached hydrogens (tertiary/aromatic N) is 2. The van der Waals surface area contributed by atoms with Crippen molar-refractivity contribution >= 4 is 34.3 Å². The lowest BCUT2D eigenvalue weighted by molar-refractivity contribution is -0.111. The van der Waals surface area contributed by atoms with Crippen molar-refractivity contribution in [3.63, 3.8) is 0 Å². The summed E-state index contributed by atoms with van der Waals surface area (Å²) in [4.78, 5) is 25.0. The molecule has 1 amide bonds. The van der Waals surface area contributed by atoms with Gasteiger partial charge in [0.15, 0.2) is 0 Å². The summed E-state index contributed by atoms with van der Waals surface area (Å²) in [5, 5.41) is 9.10. The van der Waals surface area contributed by atoms with E-state index in [-0.39, 0.29) is 12.5 Å². The number of methoxy groups -OCH3 is 1. The molecule has 1 N–H and O–H groups in total. The highest BCUT2D eigenvalue weighted by molar-refractivity contribution is 7.15. The minimum atomic E-state index is -0.480. The van der Waals surface area contributed by atoms with Crippen molar-refractivity contribution in [1.29, 1.82) is 0 Å². The van der Waals surface area contributed by atoms with Crippen LogP contribution in [0.15, 0.2) is 48.1 Å². The second-order valence-electron chi connectivity index (χ2n) is 6.07. The smallest absolute Gasteiger partial charge is 0.341 e. The number of rotatable bonds is 7. The van der Waals surface area contributed by atoms with Crippen LogP contribution in [0, 0.1) is 0 Å². The summed E-state index contributed by atoms with van der Waals surface area (Å²) in [6.45, 7) is 1.98. The highest BCUT2D eigenvalue weighted by Crippen LogP contribution is 2.36. The Bertz CT molecular complexity index is 1030. The van der Waals surface area contributed by atoms with Crippen molar-refractivity contribution in [3.05, 3.63) is 59.2 Å². The molecular formula is C21H21N3O4S. The zero-order valence-corrected chi connectivity index (χ0v) is 17.2. The Kier molecular flexibility index (Phi) is 6.46. The molecule has 2 heterocycles. The summed E-state index contributed by atoms with van der Waals surface area (Å²) < 4.78 is 12.0. The molecular weight excluding hydrogens is 390 g/mol. The van der Waals surface area contributed by atoms with E-state index < -0.39 is 5.97 Å². The number of amides is 1. The number of carbonyl (C=O) groups excluding carboxylic acids is 2. The number of benzene rings is 1. The van der Waals surface area contributed by atoms with Gasteiger partial charge in [0.05, 0.1) is 19.9 Å². The van der Waals surface area contributed by atoms with Crippen molar-refractivity contribution in [2.75, 3.05) is 19.0 Å². The van der Waals surface area contributed by atoms with E-state index in [2.05, 4.69) is 10.4 Å². The third-order valence-electron chi connectivity index (χ3n) is 4.06. The van der Waals surface area contributed by atoms with Crippen LogP contribution < -0.4 is 10.1 Å². The summed E-state index contributed by atoms with van der Waals surface area (Å²) >= 11 is 1.27. The molecule has 0 aliphatic rings. The quantitative estimate of drug-likeness (QED) is 0.470. The standard InChI is InChI=1S/C21H21N3O4S/c1-4-28-21(26)19-17(15-6-8-16(27-3)9-7-15)13-29-20(19)23-18(25)10-5-14-11-22-24(2)12-14/h5-13H,4H2,1-3H3,(H,23,25)/b10-5+. The maximum Gasteiger partial charge on any atom is 0.341 e. The van der Waals surface area contributed by atoms with E-state index in [9.17, 15) is 9.59 Å². The van der Waals surface area contributed by atoms with E-state index in [0.29, 0.717) is 16.1 Å².